The van der Waals surface area contributed by atoms with Gasteiger partial charge in [0.05, 0.1) is 6.10 Å². The SMILES string of the molecule is CC(C)CC[C@@]1(C(=O)O)CN(Cc2cccc3cnccc23)CC[C@H]1O. The van der Waals surface area contributed by atoms with Crippen molar-refractivity contribution < 1.29 is 15.0 Å². The van der Waals surface area contributed by atoms with Gasteiger partial charge in [0.25, 0.3) is 0 Å². The van der Waals surface area contributed by atoms with Crippen LogP contribution in [0.5, 0.6) is 0 Å². The standard InChI is InChI=1S/C21H28N2O3/c1-15(2)6-9-21(20(25)26)14-23(11-8-19(21)24)13-17-5-3-4-16-12-22-10-7-18(16)17/h3-5,7,10,12,15,19,24H,6,8-9,11,13-14H2,1-2H3,(H,25,26)/t19-,21-/m1/s1. The van der Waals surface area contributed by atoms with Gasteiger partial charge in [-0.25, -0.2) is 0 Å². The lowest BCUT2D eigenvalue weighted by atomic mass is 9.72. The predicted molar refractivity (Wildman–Crippen MR) is 102 cm³/mol. The number of carboxylic acid groups (broad SMARTS) is 1. The maximum Gasteiger partial charge on any atom is 0.313 e. The quantitative estimate of drug-likeness (QED) is 0.831. The van der Waals surface area contributed by atoms with Gasteiger partial charge in [0.1, 0.15) is 5.41 Å². The number of aliphatic hydroxyl groups excluding tert-OH is 1. The molecule has 0 spiro atoms. The lowest BCUT2D eigenvalue weighted by Gasteiger charge is -2.44. The van der Waals surface area contributed by atoms with Crippen LogP contribution in [-0.4, -0.2) is 45.3 Å². The van der Waals surface area contributed by atoms with E-state index < -0.39 is 17.5 Å². The minimum Gasteiger partial charge on any atom is -0.481 e. The fraction of sp³-hybridized carbons (Fsp3) is 0.524. The second kappa shape index (κ2) is 7.72. The third-order valence-electron chi connectivity index (χ3n) is 5.62. The molecule has 0 unspecified atom stereocenters. The molecule has 2 aromatic rings. The van der Waals surface area contributed by atoms with Crippen LogP contribution in [0, 0.1) is 11.3 Å². The molecule has 0 radical (unpaired) electrons. The third kappa shape index (κ3) is 3.74. The molecular formula is C21H28N2O3. The molecule has 2 heterocycles. The fourth-order valence-corrected chi connectivity index (χ4v) is 3.98. The Morgan fingerprint density at radius 1 is 1.38 bits per heavy atom. The van der Waals surface area contributed by atoms with Gasteiger partial charge in [-0.3, -0.25) is 14.7 Å². The van der Waals surface area contributed by atoms with Gasteiger partial charge in [0.2, 0.25) is 0 Å². The van der Waals surface area contributed by atoms with Crippen molar-refractivity contribution in [2.45, 2.75) is 45.8 Å². The van der Waals surface area contributed by atoms with E-state index in [0.29, 0.717) is 38.4 Å². The summed E-state index contributed by atoms with van der Waals surface area (Å²) in [6, 6.07) is 8.15. The topological polar surface area (TPSA) is 73.7 Å². The summed E-state index contributed by atoms with van der Waals surface area (Å²) in [7, 11) is 0. The zero-order valence-electron chi connectivity index (χ0n) is 15.6. The first-order valence-corrected chi connectivity index (χ1v) is 9.38. The Labute approximate surface area is 154 Å². The smallest absolute Gasteiger partial charge is 0.313 e. The van der Waals surface area contributed by atoms with Crippen LogP contribution in [0.1, 0.15) is 38.7 Å². The van der Waals surface area contributed by atoms with Crippen molar-refractivity contribution in [3.05, 3.63) is 42.2 Å². The number of aliphatic carboxylic acids is 1. The third-order valence-corrected chi connectivity index (χ3v) is 5.62. The van der Waals surface area contributed by atoms with Crippen molar-refractivity contribution in [2.75, 3.05) is 13.1 Å². The predicted octanol–water partition coefficient (Wildman–Crippen LogP) is 3.31. The van der Waals surface area contributed by atoms with Gasteiger partial charge in [-0.15, -0.1) is 0 Å². The van der Waals surface area contributed by atoms with Crippen LogP contribution in [-0.2, 0) is 11.3 Å². The number of carbonyl (C=O) groups is 1. The minimum absolute atomic E-state index is 0.387. The molecule has 2 N–H and O–H groups in total. The molecule has 5 heteroatoms. The van der Waals surface area contributed by atoms with Crippen LogP contribution < -0.4 is 0 Å². The van der Waals surface area contributed by atoms with Gasteiger partial charge in [-0.1, -0.05) is 32.0 Å². The Kier molecular flexibility index (Phi) is 5.58. The summed E-state index contributed by atoms with van der Waals surface area (Å²) in [6.07, 6.45) is 4.66. The molecule has 3 rings (SSSR count). The highest BCUT2D eigenvalue weighted by Crippen LogP contribution is 2.37. The van der Waals surface area contributed by atoms with Crippen molar-refractivity contribution in [3.63, 3.8) is 0 Å². The van der Waals surface area contributed by atoms with E-state index in [0.717, 1.165) is 17.2 Å². The Bertz CT molecular complexity index is 771. The monoisotopic (exact) mass is 356 g/mol. The second-order valence-corrected chi connectivity index (χ2v) is 7.92. The van der Waals surface area contributed by atoms with Crippen LogP contribution in [0.4, 0.5) is 0 Å². The van der Waals surface area contributed by atoms with E-state index in [2.05, 4.69) is 29.8 Å². The zero-order valence-corrected chi connectivity index (χ0v) is 15.6. The van der Waals surface area contributed by atoms with Crippen molar-refractivity contribution in [3.8, 4) is 0 Å². The molecule has 26 heavy (non-hydrogen) atoms. The van der Waals surface area contributed by atoms with Gasteiger partial charge in [0.15, 0.2) is 0 Å². The summed E-state index contributed by atoms with van der Waals surface area (Å²) < 4.78 is 0. The number of piperidine rings is 1. The molecule has 0 bridgehead atoms. The van der Waals surface area contributed by atoms with E-state index >= 15 is 0 Å². The minimum atomic E-state index is -1.07. The maximum absolute atomic E-state index is 12.1. The number of nitrogens with zero attached hydrogens (tertiary/aromatic N) is 2. The summed E-state index contributed by atoms with van der Waals surface area (Å²) in [5.74, 6) is -0.461. The van der Waals surface area contributed by atoms with Crippen LogP contribution >= 0.6 is 0 Å². The molecule has 5 nitrogen and oxygen atoms in total. The summed E-state index contributed by atoms with van der Waals surface area (Å²) in [6.45, 7) is 5.96. The van der Waals surface area contributed by atoms with E-state index in [9.17, 15) is 15.0 Å². The Morgan fingerprint density at radius 3 is 2.92 bits per heavy atom. The molecule has 0 saturated carbocycles. The number of pyridine rings is 1. The first-order chi connectivity index (χ1) is 12.4. The van der Waals surface area contributed by atoms with Gasteiger partial charge in [-0.2, -0.15) is 0 Å². The van der Waals surface area contributed by atoms with E-state index in [1.807, 2.05) is 24.4 Å². The molecule has 0 amide bonds. The number of aromatic nitrogens is 1. The summed E-state index contributed by atoms with van der Waals surface area (Å²) >= 11 is 0. The molecule has 0 aliphatic carbocycles. The average Bonchev–Trinajstić information content (AvgIpc) is 2.62. The lowest BCUT2D eigenvalue weighted by molar-refractivity contribution is -0.165. The van der Waals surface area contributed by atoms with Gasteiger partial charge >= 0.3 is 5.97 Å². The number of hydrogen-bond acceptors (Lipinski definition) is 4. The van der Waals surface area contributed by atoms with E-state index in [1.165, 1.54) is 5.56 Å². The summed E-state index contributed by atoms with van der Waals surface area (Å²) in [4.78, 5) is 18.5. The number of likely N-dealkylation sites (tertiary alicyclic amines) is 1. The Hall–Kier alpha value is -1.98. The molecule has 140 valence electrons. The molecule has 1 fully saturated rings. The number of rotatable bonds is 6. The first kappa shape index (κ1) is 18.8. The number of benzene rings is 1. The molecule has 1 aliphatic rings. The largest absolute Gasteiger partial charge is 0.481 e. The summed E-state index contributed by atoms with van der Waals surface area (Å²) in [5, 5.41) is 22.7. The number of carboxylic acids is 1. The van der Waals surface area contributed by atoms with Crippen molar-refractivity contribution in [2.24, 2.45) is 11.3 Å². The van der Waals surface area contributed by atoms with Crippen molar-refractivity contribution >= 4 is 16.7 Å². The van der Waals surface area contributed by atoms with Gasteiger partial charge in [-0.05, 0) is 42.2 Å². The Balaban J connectivity index is 1.83. The molecular weight excluding hydrogens is 328 g/mol. The van der Waals surface area contributed by atoms with E-state index in [-0.39, 0.29) is 0 Å². The highest BCUT2D eigenvalue weighted by molar-refractivity contribution is 5.84. The average molecular weight is 356 g/mol. The lowest BCUT2D eigenvalue weighted by Crippen LogP contribution is -2.55. The number of aliphatic hydroxyl groups is 1. The van der Waals surface area contributed by atoms with Crippen LogP contribution in [0.25, 0.3) is 10.8 Å². The molecule has 1 aromatic heterocycles. The van der Waals surface area contributed by atoms with Gasteiger partial charge < -0.3 is 10.2 Å². The maximum atomic E-state index is 12.1. The van der Waals surface area contributed by atoms with E-state index in [4.69, 9.17) is 0 Å². The highest BCUT2D eigenvalue weighted by Gasteiger charge is 2.48. The summed E-state index contributed by atoms with van der Waals surface area (Å²) in [5.41, 5.74) is 0.0960. The molecule has 1 aromatic carbocycles. The highest BCUT2D eigenvalue weighted by atomic mass is 16.4. The van der Waals surface area contributed by atoms with Crippen LogP contribution in [0.3, 0.4) is 0 Å². The second-order valence-electron chi connectivity index (χ2n) is 7.92. The van der Waals surface area contributed by atoms with Crippen LogP contribution in [0.2, 0.25) is 0 Å². The molecule has 1 saturated heterocycles. The fourth-order valence-electron chi connectivity index (χ4n) is 3.98. The normalized spacial score (nSPS) is 24.2. The van der Waals surface area contributed by atoms with Crippen molar-refractivity contribution in [1.82, 2.24) is 9.88 Å². The molecule has 1 aliphatic heterocycles. The number of hydrogen-bond donors (Lipinski definition) is 2. The zero-order chi connectivity index (χ0) is 18.7. The number of fused-ring (bicyclic) bond motifs is 1. The Morgan fingerprint density at radius 2 is 2.19 bits per heavy atom. The first-order valence-electron chi connectivity index (χ1n) is 9.38. The van der Waals surface area contributed by atoms with Gasteiger partial charge in [0, 0.05) is 37.4 Å². The van der Waals surface area contributed by atoms with Crippen LogP contribution in [0.15, 0.2) is 36.7 Å². The van der Waals surface area contributed by atoms with Crippen molar-refractivity contribution in [1.29, 1.82) is 0 Å². The molecule has 2 atom stereocenters. The van der Waals surface area contributed by atoms with E-state index in [1.54, 1.807) is 6.20 Å².